The van der Waals surface area contributed by atoms with Gasteiger partial charge < -0.3 is 10.2 Å². The Bertz CT molecular complexity index is 466. The molecule has 0 radical (unpaired) electrons. The zero-order valence-corrected chi connectivity index (χ0v) is 14.6. The molecule has 1 N–H and O–H groups in total. The Kier molecular flexibility index (Phi) is 6.23. The summed E-state index contributed by atoms with van der Waals surface area (Å²) < 4.78 is 25.3. The monoisotopic (exact) mass is 331 g/mol. The van der Waals surface area contributed by atoms with E-state index in [0.717, 1.165) is 32.5 Å². The molecule has 2 aliphatic rings. The van der Waals surface area contributed by atoms with Crippen LogP contribution >= 0.6 is 0 Å². The molecule has 7 heteroatoms. The minimum absolute atomic E-state index is 0.0181. The quantitative estimate of drug-likeness (QED) is 0.776. The van der Waals surface area contributed by atoms with Gasteiger partial charge >= 0.3 is 0 Å². The van der Waals surface area contributed by atoms with E-state index in [9.17, 15) is 13.2 Å². The van der Waals surface area contributed by atoms with Crippen molar-refractivity contribution in [1.29, 1.82) is 0 Å². The van der Waals surface area contributed by atoms with Gasteiger partial charge in [0.1, 0.15) is 0 Å². The molecule has 1 unspecified atom stereocenters. The second-order valence-corrected chi connectivity index (χ2v) is 8.51. The number of nitrogens with one attached hydrogen (secondary N) is 1. The Morgan fingerprint density at radius 1 is 1.23 bits per heavy atom. The van der Waals surface area contributed by atoms with E-state index in [1.54, 1.807) is 6.92 Å². The fourth-order valence-corrected chi connectivity index (χ4v) is 4.55. The van der Waals surface area contributed by atoms with Crippen molar-refractivity contribution in [3.8, 4) is 0 Å². The van der Waals surface area contributed by atoms with Crippen molar-refractivity contribution >= 4 is 15.9 Å². The van der Waals surface area contributed by atoms with E-state index in [1.165, 1.54) is 4.31 Å². The van der Waals surface area contributed by atoms with Crippen LogP contribution in [0.4, 0.5) is 0 Å². The minimum atomic E-state index is -3.12. The first-order chi connectivity index (χ1) is 10.5. The van der Waals surface area contributed by atoms with Gasteiger partial charge in [-0.25, -0.2) is 12.7 Å². The molecule has 0 aliphatic carbocycles. The van der Waals surface area contributed by atoms with Gasteiger partial charge in [0.15, 0.2) is 0 Å². The second kappa shape index (κ2) is 7.75. The average Bonchev–Trinajstić information content (AvgIpc) is 3.06. The molecule has 2 rings (SSSR count). The number of amides is 1. The van der Waals surface area contributed by atoms with E-state index in [2.05, 4.69) is 12.2 Å². The van der Waals surface area contributed by atoms with Crippen molar-refractivity contribution in [2.24, 2.45) is 5.92 Å². The number of hydrogen-bond acceptors (Lipinski definition) is 4. The summed E-state index contributed by atoms with van der Waals surface area (Å²) >= 11 is 0. The largest absolute Gasteiger partial charge is 0.338 e. The van der Waals surface area contributed by atoms with Gasteiger partial charge in [0.25, 0.3) is 0 Å². The molecule has 0 spiro atoms. The van der Waals surface area contributed by atoms with E-state index in [4.69, 9.17) is 0 Å². The lowest BCUT2D eigenvalue weighted by atomic mass is 9.95. The fraction of sp³-hybridized carbons (Fsp3) is 0.933. The molecule has 0 saturated carbocycles. The van der Waals surface area contributed by atoms with E-state index in [0.29, 0.717) is 32.0 Å². The number of carbonyl (C=O) groups is 1. The van der Waals surface area contributed by atoms with Crippen molar-refractivity contribution in [2.75, 3.05) is 38.5 Å². The van der Waals surface area contributed by atoms with Crippen LogP contribution in [0.15, 0.2) is 0 Å². The summed E-state index contributed by atoms with van der Waals surface area (Å²) in [4.78, 5) is 14.9. The summed E-state index contributed by atoms with van der Waals surface area (Å²) in [5.41, 5.74) is 0. The third-order valence-corrected chi connectivity index (χ3v) is 6.67. The number of rotatable bonds is 6. The van der Waals surface area contributed by atoms with Crippen molar-refractivity contribution in [3.63, 3.8) is 0 Å². The molecule has 128 valence electrons. The van der Waals surface area contributed by atoms with Gasteiger partial charge in [-0.05, 0) is 39.2 Å². The maximum atomic E-state index is 12.8. The number of piperidine rings is 1. The highest BCUT2D eigenvalue weighted by Crippen LogP contribution is 2.24. The standard InChI is InChI=1S/C15H29N3O3S/c1-3-9-18(14-5-8-16-12-14)15(19)13-6-10-17(11-7-13)22(20,21)4-2/h13-14,16H,3-12H2,1-2H3. The number of sulfonamides is 1. The fourth-order valence-electron chi connectivity index (χ4n) is 3.42. The van der Waals surface area contributed by atoms with E-state index in [1.807, 2.05) is 4.90 Å². The van der Waals surface area contributed by atoms with Crippen LogP contribution in [0.25, 0.3) is 0 Å². The molecule has 6 nitrogen and oxygen atoms in total. The van der Waals surface area contributed by atoms with Crippen LogP contribution in [0.5, 0.6) is 0 Å². The summed E-state index contributed by atoms with van der Waals surface area (Å²) in [5, 5.41) is 3.32. The molecule has 0 bridgehead atoms. The molecule has 2 saturated heterocycles. The molecular formula is C15H29N3O3S. The first kappa shape index (κ1) is 17.7. The Morgan fingerprint density at radius 2 is 1.91 bits per heavy atom. The Balaban J connectivity index is 1.95. The van der Waals surface area contributed by atoms with Crippen molar-refractivity contribution in [2.45, 2.75) is 45.6 Å². The van der Waals surface area contributed by atoms with Crippen LogP contribution in [0, 0.1) is 5.92 Å². The Labute approximate surface area is 134 Å². The molecule has 2 heterocycles. The summed E-state index contributed by atoms with van der Waals surface area (Å²) in [6, 6.07) is 0.310. The first-order valence-corrected chi connectivity index (χ1v) is 10.1. The maximum Gasteiger partial charge on any atom is 0.226 e. The third kappa shape index (κ3) is 4.00. The van der Waals surface area contributed by atoms with Crippen LogP contribution in [-0.2, 0) is 14.8 Å². The molecule has 2 fully saturated rings. The molecule has 2 aliphatic heterocycles. The lowest BCUT2D eigenvalue weighted by Gasteiger charge is -2.35. The van der Waals surface area contributed by atoms with Crippen LogP contribution in [-0.4, -0.2) is 68.0 Å². The van der Waals surface area contributed by atoms with E-state index < -0.39 is 10.0 Å². The molecule has 1 atom stereocenters. The van der Waals surface area contributed by atoms with Crippen molar-refractivity contribution in [1.82, 2.24) is 14.5 Å². The van der Waals surface area contributed by atoms with Crippen molar-refractivity contribution in [3.05, 3.63) is 0 Å². The summed E-state index contributed by atoms with van der Waals surface area (Å²) in [5.74, 6) is 0.348. The highest BCUT2D eigenvalue weighted by atomic mass is 32.2. The van der Waals surface area contributed by atoms with Gasteiger partial charge in [0, 0.05) is 38.1 Å². The van der Waals surface area contributed by atoms with Gasteiger partial charge in [-0.1, -0.05) is 6.92 Å². The molecule has 0 aromatic carbocycles. The van der Waals surface area contributed by atoms with Crippen LogP contribution in [0.3, 0.4) is 0 Å². The molecular weight excluding hydrogens is 302 g/mol. The van der Waals surface area contributed by atoms with E-state index >= 15 is 0 Å². The summed E-state index contributed by atoms with van der Waals surface area (Å²) in [7, 11) is -3.12. The van der Waals surface area contributed by atoms with Gasteiger partial charge in [0.2, 0.25) is 15.9 Å². The number of carbonyl (C=O) groups excluding carboxylic acids is 1. The Morgan fingerprint density at radius 3 is 2.41 bits per heavy atom. The summed E-state index contributed by atoms with van der Waals surface area (Å²) in [6.45, 7) is 7.39. The first-order valence-electron chi connectivity index (χ1n) is 8.48. The highest BCUT2D eigenvalue weighted by Gasteiger charge is 2.34. The minimum Gasteiger partial charge on any atom is -0.338 e. The number of nitrogens with zero attached hydrogens (tertiary/aromatic N) is 2. The van der Waals surface area contributed by atoms with Crippen molar-refractivity contribution < 1.29 is 13.2 Å². The van der Waals surface area contributed by atoms with Gasteiger partial charge in [-0.3, -0.25) is 4.79 Å². The second-order valence-electron chi connectivity index (χ2n) is 6.25. The molecule has 22 heavy (non-hydrogen) atoms. The molecule has 1 amide bonds. The lowest BCUT2D eigenvalue weighted by Crippen LogP contribution is -2.48. The van der Waals surface area contributed by atoms with Crippen LogP contribution < -0.4 is 5.32 Å². The normalized spacial score (nSPS) is 24.5. The van der Waals surface area contributed by atoms with Crippen LogP contribution in [0.1, 0.15) is 39.5 Å². The SMILES string of the molecule is CCCN(C(=O)C1CCN(S(=O)(=O)CC)CC1)C1CCNC1. The van der Waals surface area contributed by atoms with Gasteiger partial charge in [-0.15, -0.1) is 0 Å². The predicted octanol–water partition coefficient (Wildman–Crippen LogP) is 0.649. The van der Waals surface area contributed by atoms with Crippen LogP contribution in [0.2, 0.25) is 0 Å². The molecule has 0 aromatic heterocycles. The highest BCUT2D eigenvalue weighted by molar-refractivity contribution is 7.89. The topological polar surface area (TPSA) is 69.7 Å². The maximum absolute atomic E-state index is 12.8. The molecule has 0 aromatic rings. The summed E-state index contributed by atoms with van der Waals surface area (Å²) in [6.07, 6.45) is 3.29. The third-order valence-electron chi connectivity index (χ3n) is 4.78. The average molecular weight is 331 g/mol. The number of hydrogen-bond donors (Lipinski definition) is 1. The van der Waals surface area contributed by atoms with Gasteiger partial charge in [0.05, 0.1) is 5.75 Å². The zero-order chi connectivity index (χ0) is 16.2. The Hall–Kier alpha value is -0.660. The zero-order valence-electron chi connectivity index (χ0n) is 13.8. The smallest absolute Gasteiger partial charge is 0.226 e. The predicted molar refractivity (Wildman–Crippen MR) is 87.0 cm³/mol. The van der Waals surface area contributed by atoms with E-state index in [-0.39, 0.29) is 17.6 Å². The van der Waals surface area contributed by atoms with Gasteiger partial charge in [-0.2, -0.15) is 0 Å². The lowest BCUT2D eigenvalue weighted by molar-refractivity contribution is -0.138.